The molecule has 2 nitrogen and oxygen atoms in total. The fourth-order valence-electron chi connectivity index (χ4n) is 2.62. The van der Waals surface area contributed by atoms with E-state index in [0.717, 1.165) is 0 Å². The predicted octanol–water partition coefficient (Wildman–Crippen LogP) is 3.81. The zero-order valence-electron chi connectivity index (χ0n) is 11.4. The Balaban J connectivity index is 2.76. The van der Waals surface area contributed by atoms with E-state index in [1.54, 1.807) is 0 Å². The van der Waals surface area contributed by atoms with Gasteiger partial charge in [-0.25, -0.2) is 0 Å². The molecule has 0 aliphatic carbocycles. The molecule has 0 amide bonds. The average molecular weight is 230 g/mol. The van der Waals surface area contributed by atoms with Gasteiger partial charge in [0.1, 0.15) is 0 Å². The van der Waals surface area contributed by atoms with Crippen molar-refractivity contribution in [2.75, 3.05) is 7.05 Å². The number of para-hydroxylation sites is 1. The van der Waals surface area contributed by atoms with Crippen molar-refractivity contribution in [2.24, 2.45) is 0 Å². The topological polar surface area (TPSA) is 17.0 Å². The number of nitrogens with zero attached hydrogens (tertiary/aromatic N) is 1. The average Bonchev–Trinajstić information content (AvgIpc) is 2.63. The molecular weight excluding hydrogens is 208 g/mol. The minimum atomic E-state index is 0.380. The molecule has 1 unspecified atom stereocenters. The van der Waals surface area contributed by atoms with E-state index in [-0.39, 0.29) is 0 Å². The van der Waals surface area contributed by atoms with Crippen LogP contribution in [0.4, 0.5) is 0 Å². The van der Waals surface area contributed by atoms with Crippen molar-refractivity contribution in [3.8, 4) is 0 Å². The monoisotopic (exact) mass is 230 g/mol. The molecule has 0 fully saturated rings. The van der Waals surface area contributed by atoms with Crippen LogP contribution in [0, 0.1) is 6.92 Å². The van der Waals surface area contributed by atoms with Crippen LogP contribution >= 0.6 is 0 Å². The van der Waals surface area contributed by atoms with Gasteiger partial charge in [0, 0.05) is 23.2 Å². The van der Waals surface area contributed by atoms with Crippen LogP contribution in [0.5, 0.6) is 0 Å². The predicted molar refractivity (Wildman–Crippen MR) is 74.5 cm³/mol. The van der Waals surface area contributed by atoms with Crippen molar-refractivity contribution in [3.05, 3.63) is 35.5 Å². The highest BCUT2D eigenvalue weighted by molar-refractivity contribution is 5.85. The summed E-state index contributed by atoms with van der Waals surface area (Å²) in [7, 11) is 2.01. The van der Waals surface area contributed by atoms with Crippen molar-refractivity contribution in [1.82, 2.24) is 9.88 Å². The minimum Gasteiger partial charge on any atom is -0.342 e. The number of benzene rings is 1. The van der Waals surface area contributed by atoms with Crippen molar-refractivity contribution in [1.29, 1.82) is 0 Å². The van der Waals surface area contributed by atoms with Crippen molar-refractivity contribution in [3.63, 3.8) is 0 Å². The van der Waals surface area contributed by atoms with Crippen LogP contribution in [-0.2, 0) is 0 Å². The lowest BCUT2D eigenvalue weighted by atomic mass is 10.1. The normalized spacial score (nSPS) is 13.5. The molecule has 1 heterocycles. The Kier molecular flexibility index (Phi) is 3.25. The van der Waals surface area contributed by atoms with E-state index in [1.165, 1.54) is 22.2 Å². The highest BCUT2D eigenvalue weighted by atomic mass is 15.0. The van der Waals surface area contributed by atoms with Gasteiger partial charge < -0.3 is 9.88 Å². The van der Waals surface area contributed by atoms with E-state index in [1.807, 2.05) is 7.05 Å². The Hall–Kier alpha value is -1.28. The third-order valence-electron chi connectivity index (χ3n) is 3.50. The van der Waals surface area contributed by atoms with Gasteiger partial charge in [-0.2, -0.15) is 0 Å². The zero-order valence-corrected chi connectivity index (χ0v) is 11.4. The Morgan fingerprint density at radius 2 is 1.88 bits per heavy atom. The first-order valence-corrected chi connectivity index (χ1v) is 6.34. The molecule has 0 aliphatic rings. The van der Waals surface area contributed by atoms with E-state index in [0.29, 0.717) is 12.1 Å². The first kappa shape index (κ1) is 12.2. The molecule has 1 aromatic carbocycles. The molecule has 0 saturated heterocycles. The summed E-state index contributed by atoms with van der Waals surface area (Å²) in [5.74, 6) is 0. The van der Waals surface area contributed by atoms with Gasteiger partial charge in [0.05, 0.1) is 5.52 Å². The Labute approximate surface area is 104 Å². The van der Waals surface area contributed by atoms with E-state index in [9.17, 15) is 0 Å². The number of aromatic nitrogens is 1. The fraction of sp³-hybridized carbons (Fsp3) is 0.467. The van der Waals surface area contributed by atoms with Crippen LogP contribution in [0.1, 0.15) is 44.1 Å². The van der Waals surface area contributed by atoms with Crippen LogP contribution < -0.4 is 5.32 Å². The van der Waals surface area contributed by atoms with E-state index in [2.05, 4.69) is 61.8 Å². The lowest BCUT2D eigenvalue weighted by Gasteiger charge is -2.18. The molecule has 17 heavy (non-hydrogen) atoms. The van der Waals surface area contributed by atoms with E-state index >= 15 is 0 Å². The highest BCUT2D eigenvalue weighted by Gasteiger charge is 2.14. The summed E-state index contributed by atoms with van der Waals surface area (Å²) >= 11 is 0. The first-order valence-electron chi connectivity index (χ1n) is 6.34. The third-order valence-corrected chi connectivity index (χ3v) is 3.50. The second kappa shape index (κ2) is 4.53. The van der Waals surface area contributed by atoms with Gasteiger partial charge in [-0.05, 0) is 46.4 Å². The summed E-state index contributed by atoms with van der Waals surface area (Å²) in [4.78, 5) is 0. The number of hydrogen-bond donors (Lipinski definition) is 1. The standard InChI is InChI=1S/C15H22N2/c1-10(2)17-11(3)9-13-7-6-8-14(15(13)17)12(4)16-5/h6-10,12,16H,1-5H3. The number of rotatable bonds is 3. The number of fused-ring (bicyclic) bond motifs is 1. The first-order chi connectivity index (χ1) is 8.06. The summed E-state index contributed by atoms with van der Waals surface area (Å²) in [6.07, 6.45) is 0. The van der Waals surface area contributed by atoms with E-state index < -0.39 is 0 Å². The minimum absolute atomic E-state index is 0.380. The third kappa shape index (κ3) is 1.98. The van der Waals surface area contributed by atoms with Crippen LogP contribution in [0.15, 0.2) is 24.3 Å². The summed E-state index contributed by atoms with van der Waals surface area (Å²) in [6.45, 7) is 8.89. The molecule has 2 heteroatoms. The SMILES string of the molecule is CNC(C)c1cccc2cc(C)n(C(C)C)c12. The second-order valence-electron chi connectivity index (χ2n) is 5.04. The summed E-state index contributed by atoms with van der Waals surface area (Å²) in [6, 6.07) is 9.73. The summed E-state index contributed by atoms with van der Waals surface area (Å²) in [5.41, 5.74) is 4.10. The van der Waals surface area contributed by atoms with Gasteiger partial charge in [0.2, 0.25) is 0 Å². The van der Waals surface area contributed by atoms with Gasteiger partial charge in [-0.1, -0.05) is 18.2 Å². The largest absolute Gasteiger partial charge is 0.342 e. The molecule has 2 aromatic rings. The number of aryl methyl sites for hydroxylation is 1. The Morgan fingerprint density at radius 1 is 1.18 bits per heavy atom. The molecule has 92 valence electrons. The Morgan fingerprint density at radius 3 is 2.47 bits per heavy atom. The number of nitrogens with one attached hydrogen (secondary N) is 1. The lowest BCUT2D eigenvalue weighted by Crippen LogP contribution is -2.14. The van der Waals surface area contributed by atoms with Gasteiger partial charge in [-0.3, -0.25) is 0 Å². The molecule has 1 atom stereocenters. The fourth-order valence-corrected chi connectivity index (χ4v) is 2.62. The van der Waals surface area contributed by atoms with Gasteiger partial charge in [-0.15, -0.1) is 0 Å². The molecule has 0 aliphatic heterocycles. The van der Waals surface area contributed by atoms with Crippen LogP contribution in [0.25, 0.3) is 10.9 Å². The smallest absolute Gasteiger partial charge is 0.0533 e. The molecule has 0 saturated carbocycles. The second-order valence-corrected chi connectivity index (χ2v) is 5.04. The molecule has 1 N–H and O–H groups in total. The zero-order chi connectivity index (χ0) is 12.6. The van der Waals surface area contributed by atoms with Crippen molar-refractivity contribution >= 4 is 10.9 Å². The Bertz CT molecular complexity index is 523. The molecule has 0 radical (unpaired) electrons. The molecule has 0 bridgehead atoms. The van der Waals surface area contributed by atoms with Gasteiger partial charge >= 0.3 is 0 Å². The maximum Gasteiger partial charge on any atom is 0.0533 e. The molecule has 2 rings (SSSR count). The molecular formula is C15H22N2. The van der Waals surface area contributed by atoms with Gasteiger partial charge in [0.15, 0.2) is 0 Å². The van der Waals surface area contributed by atoms with Crippen molar-refractivity contribution in [2.45, 2.75) is 39.8 Å². The maximum absolute atomic E-state index is 3.34. The van der Waals surface area contributed by atoms with E-state index in [4.69, 9.17) is 0 Å². The molecule has 0 spiro atoms. The number of hydrogen-bond acceptors (Lipinski definition) is 1. The lowest BCUT2D eigenvalue weighted by molar-refractivity contribution is 0.596. The summed E-state index contributed by atoms with van der Waals surface area (Å²) in [5, 5.41) is 4.68. The maximum atomic E-state index is 3.34. The highest BCUT2D eigenvalue weighted by Crippen LogP contribution is 2.29. The van der Waals surface area contributed by atoms with Crippen molar-refractivity contribution < 1.29 is 0 Å². The van der Waals surface area contributed by atoms with Crippen LogP contribution in [0.3, 0.4) is 0 Å². The quantitative estimate of drug-likeness (QED) is 0.848. The summed E-state index contributed by atoms with van der Waals surface area (Å²) < 4.78 is 2.43. The van der Waals surface area contributed by atoms with Gasteiger partial charge in [0.25, 0.3) is 0 Å². The molecule has 1 aromatic heterocycles. The van der Waals surface area contributed by atoms with Crippen LogP contribution in [-0.4, -0.2) is 11.6 Å². The van der Waals surface area contributed by atoms with Crippen LogP contribution in [0.2, 0.25) is 0 Å².